The number of piperidine rings is 1. The van der Waals surface area contributed by atoms with E-state index in [4.69, 9.17) is 18.9 Å². The standard InChI is InChI=1S/C24H20FN3O4/c25-17-2-3-20-19(12-17)26-23(15-1-4-21-22(11-15)32-14-31-21)28(20)18-5-8-27(9-6-18)24(29)16-7-10-30-13-16/h1-4,7,10-13,18H,5-6,8-9,14H2. The molecule has 0 N–H and O–H groups in total. The predicted molar refractivity (Wildman–Crippen MR) is 114 cm³/mol. The molecule has 2 aromatic carbocycles. The van der Waals surface area contributed by atoms with E-state index >= 15 is 0 Å². The van der Waals surface area contributed by atoms with Crippen molar-refractivity contribution in [2.45, 2.75) is 18.9 Å². The normalized spacial score (nSPS) is 16.1. The van der Waals surface area contributed by atoms with E-state index in [1.807, 2.05) is 23.1 Å². The Morgan fingerprint density at radius 3 is 2.69 bits per heavy atom. The highest BCUT2D eigenvalue weighted by molar-refractivity contribution is 5.93. The van der Waals surface area contributed by atoms with Crippen LogP contribution in [0.5, 0.6) is 11.5 Å². The summed E-state index contributed by atoms with van der Waals surface area (Å²) in [6.07, 6.45) is 4.52. The molecule has 0 radical (unpaired) electrons. The van der Waals surface area contributed by atoms with Crippen LogP contribution in [0.3, 0.4) is 0 Å². The molecule has 0 spiro atoms. The molecule has 2 aromatic heterocycles. The minimum Gasteiger partial charge on any atom is -0.472 e. The van der Waals surface area contributed by atoms with Crippen LogP contribution in [0.25, 0.3) is 22.4 Å². The molecule has 0 atom stereocenters. The number of nitrogens with zero attached hydrogens (tertiary/aromatic N) is 3. The number of fused-ring (bicyclic) bond motifs is 2. The minimum absolute atomic E-state index is 0.0224. The maximum atomic E-state index is 13.9. The maximum Gasteiger partial charge on any atom is 0.257 e. The van der Waals surface area contributed by atoms with Gasteiger partial charge in [0.1, 0.15) is 17.9 Å². The summed E-state index contributed by atoms with van der Waals surface area (Å²) in [5, 5.41) is 0. The van der Waals surface area contributed by atoms with E-state index in [1.165, 1.54) is 24.7 Å². The van der Waals surface area contributed by atoms with E-state index in [9.17, 15) is 9.18 Å². The van der Waals surface area contributed by atoms with Gasteiger partial charge in [-0.1, -0.05) is 0 Å². The summed E-state index contributed by atoms with van der Waals surface area (Å²) >= 11 is 0. The molecule has 1 amide bonds. The molecule has 8 heteroatoms. The first-order valence-corrected chi connectivity index (χ1v) is 10.6. The van der Waals surface area contributed by atoms with Gasteiger partial charge in [-0.2, -0.15) is 0 Å². The van der Waals surface area contributed by atoms with Gasteiger partial charge in [-0.25, -0.2) is 9.37 Å². The summed E-state index contributed by atoms with van der Waals surface area (Å²) in [5.74, 6) is 1.79. The maximum absolute atomic E-state index is 13.9. The van der Waals surface area contributed by atoms with Gasteiger partial charge in [0.2, 0.25) is 6.79 Å². The highest BCUT2D eigenvalue weighted by atomic mass is 19.1. The van der Waals surface area contributed by atoms with E-state index < -0.39 is 0 Å². The van der Waals surface area contributed by atoms with Crippen LogP contribution >= 0.6 is 0 Å². The van der Waals surface area contributed by atoms with Crippen molar-refractivity contribution in [2.75, 3.05) is 19.9 Å². The van der Waals surface area contributed by atoms with Gasteiger partial charge in [-0.3, -0.25) is 4.79 Å². The summed E-state index contributed by atoms with van der Waals surface area (Å²) in [7, 11) is 0. The van der Waals surface area contributed by atoms with Crippen LogP contribution in [0.2, 0.25) is 0 Å². The molecule has 4 heterocycles. The second-order valence-corrected chi connectivity index (χ2v) is 8.04. The summed E-state index contributed by atoms with van der Waals surface area (Å²) in [6, 6.07) is 12.2. The Balaban J connectivity index is 1.36. The van der Waals surface area contributed by atoms with Crippen molar-refractivity contribution in [2.24, 2.45) is 0 Å². The fourth-order valence-corrected chi connectivity index (χ4v) is 4.58. The van der Waals surface area contributed by atoms with Gasteiger partial charge in [-0.15, -0.1) is 0 Å². The van der Waals surface area contributed by atoms with Crippen LogP contribution in [0, 0.1) is 5.82 Å². The number of benzene rings is 2. The minimum atomic E-state index is -0.320. The molecule has 0 saturated carbocycles. The molecule has 2 aliphatic rings. The molecular weight excluding hydrogens is 413 g/mol. The van der Waals surface area contributed by atoms with E-state index in [1.54, 1.807) is 12.1 Å². The molecule has 0 aliphatic carbocycles. The molecular formula is C24H20FN3O4. The molecule has 162 valence electrons. The summed E-state index contributed by atoms with van der Waals surface area (Å²) in [6.45, 7) is 1.44. The van der Waals surface area contributed by atoms with E-state index in [2.05, 4.69) is 4.57 Å². The van der Waals surface area contributed by atoms with Gasteiger partial charge in [0.15, 0.2) is 11.5 Å². The van der Waals surface area contributed by atoms with Crippen LogP contribution in [0.1, 0.15) is 29.2 Å². The number of aromatic nitrogens is 2. The molecule has 4 aromatic rings. The summed E-state index contributed by atoms with van der Waals surface area (Å²) in [5.41, 5.74) is 2.92. The van der Waals surface area contributed by atoms with Gasteiger partial charge in [0.05, 0.1) is 22.9 Å². The number of hydrogen-bond acceptors (Lipinski definition) is 5. The van der Waals surface area contributed by atoms with Crippen LogP contribution in [0.15, 0.2) is 59.4 Å². The summed E-state index contributed by atoms with van der Waals surface area (Å²) < 4.78 is 32.1. The van der Waals surface area contributed by atoms with Crippen molar-refractivity contribution in [1.29, 1.82) is 0 Å². The average Bonchev–Trinajstić information content (AvgIpc) is 3.57. The lowest BCUT2D eigenvalue weighted by Crippen LogP contribution is -2.39. The van der Waals surface area contributed by atoms with Crippen LogP contribution in [0.4, 0.5) is 4.39 Å². The number of carbonyl (C=O) groups excluding carboxylic acids is 1. The molecule has 0 unspecified atom stereocenters. The van der Waals surface area contributed by atoms with Gasteiger partial charge in [0, 0.05) is 30.8 Å². The smallest absolute Gasteiger partial charge is 0.257 e. The monoisotopic (exact) mass is 433 g/mol. The van der Waals surface area contributed by atoms with Crippen molar-refractivity contribution in [3.05, 3.63) is 66.4 Å². The Hall–Kier alpha value is -3.81. The number of ether oxygens (including phenoxy) is 2. The lowest BCUT2D eigenvalue weighted by Gasteiger charge is -2.33. The number of halogens is 1. The van der Waals surface area contributed by atoms with E-state index in [0.29, 0.717) is 35.7 Å². The Morgan fingerprint density at radius 2 is 1.88 bits per heavy atom. The first-order chi connectivity index (χ1) is 15.7. The SMILES string of the molecule is O=C(c1ccoc1)N1CCC(n2c(-c3ccc4c(c3)OCO4)nc3cc(F)ccc32)CC1. The first-order valence-electron chi connectivity index (χ1n) is 10.6. The molecule has 2 aliphatic heterocycles. The first kappa shape index (κ1) is 18.9. The van der Waals surface area contributed by atoms with Gasteiger partial charge >= 0.3 is 0 Å². The average molecular weight is 433 g/mol. The number of imidazole rings is 1. The number of amides is 1. The third kappa shape index (κ3) is 3.10. The number of rotatable bonds is 3. The zero-order chi connectivity index (χ0) is 21.7. The van der Waals surface area contributed by atoms with Crippen molar-refractivity contribution in [3.8, 4) is 22.9 Å². The van der Waals surface area contributed by atoms with Gasteiger partial charge in [0.25, 0.3) is 5.91 Å². The fraction of sp³-hybridized carbons (Fsp3) is 0.250. The van der Waals surface area contributed by atoms with Crippen LogP contribution in [-0.2, 0) is 0 Å². The molecule has 1 saturated heterocycles. The topological polar surface area (TPSA) is 69.7 Å². The number of carbonyl (C=O) groups is 1. The zero-order valence-corrected chi connectivity index (χ0v) is 17.2. The lowest BCUT2D eigenvalue weighted by atomic mass is 10.0. The Morgan fingerprint density at radius 1 is 1.03 bits per heavy atom. The fourth-order valence-electron chi connectivity index (χ4n) is 4.58. The largest absolute Gasteiger partial charge is 0.472 e. The van der Waals surface area contributed by atoms with Crippen LogP contribution < -0.4 is 9.47 Å². The summed E-state index contributed by atoms with van der Waals surface area (Å²) in [4.78, 5) is 19.3. The van der Waals surface area contributed by atoms with E-state index in [-0.39, 0.29) is 24.6 Å². The van der Waals surface area contributed by atoms with E-state index in [0.717, 1.165) is 29.7 Å². The molecule has 1 fully saturated rings. The Bertz CT molecular complexity index is 1310. The second kappa shape index (κ2) is 7.40. The van der Waals surface area contributed by atoms with Crippen molar-refractivity contribution >= 4 is 16.9 Å². The number of hydrogen-bond donors (Lipinski definition) is 0. The van der Waals surface area contributed by atoms with Gasteiger partial charge in [-0.05, 0) is 49.2 Å². The number of furan rings is 1. The Labute approximate surface area is 183 Å². The van der Waals surface area contributed by atoms with Crippen molar-refractivity contribution in [1.82, 2.24) is 14.5 Å². The number of likely N-dealkylation sites (tertiary alicyclic amines) is 1. The predicted octanol–water partition coefficient (Wildman–Crippen LogP) is 4.64. The molecule has 6 rings (SSSR count). The third-order valence-electron chi connectivity index (χ3n) is 6.17. The quantitative estimate of drug-likeness (QED) is 0.471. The van der Waals surface area contributed by atoms with Crippen LogP contribution in [-0.4, -0.2) is 40.2 Å². The highest BCUT2D eigenvalue weighted by Crippen LogP contribution is 2.39. The highest BCUT2D eigenvalue weighted by Gasteiger charge is 2.28. The van der Waals surface area contributed by atoms with Crippen molar-refractivity contribution < 1.29 is 23.1 Å². The van der Waals surface area contributed by atoms with Gasteiger partial charge < -0.3 is 23.4 Å². The lowest BCUT2D eigenvalue weighted by molar-refractivity contribution is 0.0696. The zero-order valence-electron chi connectivity index (χ0n) is 17.2. The Kier molecular flexibility index (Phi) is 4.38. The molecule has 7 nitrogen and oxygen atoms in total. The molecule has 32 heavy (non-hydrogen) atoms. The molecule has 0 bridgehead atoms. The second-order valence-electron chi connectivity index (χ2n) is 8.04. The third-order valence-corrected chi connectivity index (χ3v) is 6.17. The van der Waals surface area contributed by atoms with Crippen molar-refractivity contribution in [3.63, 3.8) is 0 Å².